The first-order chi connectivity index (χ1) is 10.1. The molecule has 0 fully saturated rings. The Morgan fingerprint density at radius 2 is 1.95 bits per heavy atom. The lowest BCUT2D eigenvalue weighted by atomic mass is 10.1. The topological polar surface area (TPSA) is 63.1 Å². The molecule has 1 amide bonds. The first kappa shape index (κ1) is 17.9. The second-order valence-corrected chi connectivity index (χ2v) is 4.76. The van der Waals surface area contributed by atoms with E-state index in [1.807, 2.05) is 31.2 Å². The van der Waals surface area contributed by atoms with Crippen LogP contribution >= 0.6 is 12.4 Å². The van der Waals surface area contributed by atoms with E-state index in [1.54, 1.807) is 19.3 Å². The Balaban J connectivity index is 0.00000242. The summed E-state index contributed by atoms with van der Waals surface area (Å²) in [7, 11) is 1.65. The Morgan fingerprint density at radius 3 is 2.64 bits per heavy atom. The number of benzene rings is 1. The third-order valence-corrected chi connectivity index (χ3v) is 3.20. The molecule has 0 aliphatic rings. The Bertz CT molecular complexity index is 698. The maximum atomic E-state index is 12.2. The second kappa shape index (κ2) is 8.36. The molecule has 1 heterocycles. The van der Waals surface area contributed by atoms with E-state index in [1.165, 1.54) is 10.6 Å². The van der Waals surface area contributed by atoms with E-state index in [-0.39, 0.29) is 23.9 Å². The summed E-state index contributed by atoms with van der Waals surface area (Å²) < 4.78 is 1.43. The number of carbonyl (C=O) groups excluding carboxylic acids is 1. The van der Waals surface area contributed by atoms with Gasteiger partial charge in [-0.2, -0.15) is 0 Å². The number of halogens is 1. The monoisotopic (exact) mass is 321 g/mol. The molecule has 2 N–H and O–H groups in total. The zero-order valence-electron chi connectivity index (χ0n) is 12.6. The molecule has 0 atom stereocenters. The number of carbonyl (C=O) groups is 1. The molecule has 0 radical (unpaired) electrons. The van der Waals surface area contributed by atoms with Gasteiger partial charge < -0.3 is 15.2 Å². The number of amides is 1. The van der Waals surface area contributed by atoms with Crippen LogP contribution in [0.2, 0.25) is 0 Å². The number of aromatic nitrogens is 1. The van der Waals surface area contributed by atoms with Crippen molar-refractivity contribution in [3.8, 4) is 0 Å². The maximum Gasteiger partial charge on any atom is 0.255 e. The van der Waals surface area contributed by atoms with Crippen molar-refractivity contribution in [3.05, 3.63) is 64.1 Å². The van der Waals surface area contributed by atoms with Gasteiger partial charge >= 0.3 is 0 Å². The molecular formula is C16H20ClN3O2. The van der Waals surface area contributed by atoms with Gasteiger partial charge in [0.25, 0.3) is 11.5 Å². The van der Waals surface area contributed by atoms with Gasteiger partial charge in [0, 0.05) is 37.1 Å². The van der Waals surface area contributed by atoms with E-state index in [0.29, 0.717) is 12.1 Å². The fraction of sp³-hybridized carbons (Fsp3) is 0.250. The molecule has 0 saturated heterocycles. The number of rotatable bonds is 5. The molecule has 6 heteroatoms. The molecule has 1 aromatic carbocycles. The summed E-state index contributed by atoms with van der Waals surface area (Å²) >= 11 is 0. The summed E-state index contributed by atoms with van der Waals surface area (Å²) in [6.45, 7) is 3.57. The van der Waals surface area contributed by atoms with Crippen molar-refractivity contribution < 1.29 is 4.79 Å². The predicted molar refractivity (Wildman–Crippen MR) is 90.7 cm³/mol. The molecule has 1 aromatic heterocycles. The summed E-state index contributed by atoms with van der Waals surface area (Å²) in [6.07, 6.45) is 1.59. The molecule has 0 aliphatic heterocycles. The van der Waals surface area contributed by atoms with E-state index in [2.05, 4.69) is 10.6 Å². The van der Waals surface area contributed by atoms with E-state index in [4.69, 9.17) is 0 Å². The summed E-state index contributed by atoms with van der Waals surface area (Å²) in [6, 6.07) is 10.6. The van der Waals surface area contributed by atoms with Crippen LogP contribution in [0.1, 0.15) is 22.8 Å². The van der Waals surface area contributed by atoms with Crippen LogP contribution in [0.15, 0.2) is 47.4 Å². The van der Waals surface area contributed by atoms with Crippen LogP contribution in [0.5, 0.6) is 0 Å². The average Bonchev–Trinajstić information content (AvgIpc) is 2.49. The van der Waals surface area contributed by atoms with Crippen LogP contribution in [-0.2, 0) is 13.6 Å². The lowest BCUT2D eigenvalue weighted by Gasteiger charge is -2.11. The van der Waals surface area contributed by atoms with Crippen LogP contribution in [0.4, 0.5) is 5.69 Å². The molecular weight excluding hydrogens is 302 g/mol. The minimum absolute atomic E-state index is 0. The van der Waals surface area contributed by atoms with E-state index < -0.39 is 0 Å². The minimum atomic E-state index is -0.281. The SMILES string of the molecule is CCNCc1ccccc1NC(=O)c1ccn(C)c(=O)c1.Cl. The average molecular weight is 322 g/mol. The highest BCUT2D eigenvalue weighted by Crippen LogP contribution is 2.15. The molecule has 118 valence electrons. The molecule has 2 rings (SSSR count). The highest BCUT2D eigenvalue weighted by molar-refractivity contribution is 6.04. The summed E-state index contributed by atoms with van der Waals surface area (Å²) in [5, 5.41) is 6.09. The molecule has 0 spiro atoms. The van der Waals surface area contributed by atoms with Crippen LogP contribution < -0.4 is 16.2 Å². The first-order valence-corrected chi connectivity index (χ1v) is 6.88. The lowest BCUT2D eigenvalue weighted by Crippen LogP contribution is -2.21. The largest absolute Gasteiger partial charge is 0.322 e. The van der Waals surface area contributed by atoms with Crippen molar-refractivity contribution in [3.63, 3.8) is 0 Å². The van der Waals surface area contributed by atoms with E-state index in [9.17, 15) is 9.59 Å². The molecule has 2 aromatic rings. The zero-order valence-corrected chi connectivity index (χ0v) is 13.4. The number of hydrogen-bond acceptors (Lipinski definition) is 3. The molecule has 22 heavy (non-hydrogen) atoms. The van der Waals surface area contributed by atoms with Crippen molar-refractivity contribution in [1.29, 1.82) is 0 Å². The molecule has 0 unspecified atom stereocenters. The van der Waals surface area contributed by atoms with Crippen molar-refractivity contribution >= 4 is 24.0 Å². The fourth-order valence-corrected chi connectivity index (χ4v) is 1.94. The van der Waals surface area contributed by atoms with Crippen LogP contribution in [-0.4, -0.2) is 17.0 Å². The van der Waals surface area contributed by atoms with Crippen LogP contribution in [0.3, 0.4) is 0 Å². The summed E-state index contributed by atoms with van der Waals surface area (Å²) in [4.78, 5) is 23.8. The summed E-state index contributed by atoms with van der Waals surface area (Å²) in [5.74, 6) is -0.281. The van der Waals surface area contributed by atoms with Gasteiger partial charge in [-0.1, -0.05) is 25.1 Å². The number of pyridine rings is 1. The smallest absolute Gasteiger partial charge is 0.255 e. The zero-order chi connectivity index (χ0) is 15.2. The third kappa shape index (κ3) is 4.44. The van der Waals surface area contributed by atoms with Gasteiger partial charge in [-0.05, 0) is 24.2 Å². The number of anilines is 1. The van der Waals surface area contributed by atoms with Gasteiger partial charge in [-0.3, -0.25) is 9.59 Å². The van der Waals surface area contributed by atoms with Gasteiger partial charge in [0.05, 0.1) is 0 Å². The summed E-state index contributed by atoms with van der Waals surface area (Å²) in [5.41, 5.74) is 1.92. The van der Waals surface area contributed by atoms with Crippen LogP contribution in [0.25, 0.3) is 0 Å². The fourth-order valence-electron chi connectivity index (χ4n) is 1.94. The normalized spacial score (nSPS) is 9.91. The van der Waals surface area contributed by atoms with Gasteiger partial charge in [-0.15, -0.1) is 12.4 Å². The third-order valence-electron chi connectivity index (χ3n) is 3.20. The van der Waals surface area contributed by atoms with Gasteiger partial charge in [-0.25, -0.2) is 0 Å². The second-order valence-electron chi connectivity index (χ2n) is 4.76. The highest BCUT2D eigenvalue weighted by atomic mass is 35.5. The van der Waals surface area contributed by atoms with Crippen molar-refractivity contribution in [2.75, 3.05) is 11.9 Å². The Morgan fingerprint density at radius 1 is 1.23 bits per heavy atom. The molecule has 0 aliphatic carbocycles. The van der Waals surface area contributed by atoms with E-state index in [0.717, 1.165) is 17.8 Å². The maximum absolute atomic E-state index is 12.2. The van der Waals surface area contributed by atoms with E-state index >= 15 is 0 Å². The Kier molecular flexibility index (Phi) is 6.82. The number of nitrogens with zero attached hydrogens (tertiary/aromatic N) is 1. The van der Waals surface area contributed by atoms with Crippen molar-refractivity contribution in [2.45, 2.75) is 13.5 Å². The van der Waals surface area contributed by atoms with Gasteiger partial charge in [0.2, 0.25) is 0 Å². The van der Waals surface area contributed by atoms with Crippen LogP contribution in [0, 0.1) is 0 Å². The number of nitrogens with one attached hydrogen (secondary N) is 2. The standard InChI is InChI=1S/C16H19N3O2.ClH/c1-3-17-11-13-6-4-5-7-14(13)18-16(21)12-8-9-19(2)15(20)10-12;/h4-10,17H,3,11H2,1-2H3,(H,18,21);1H. The molecule has 5 nitrogen and oxygen atoms in total. The lowest BCUT2D eigenvalue weighted by molar-refractivity contribution is 0.102. The molecule has 0 saturated carbocycles. The quantitative estimate of drug-likeness (QED) is 0.887. The highest BCUT2D eigenvalue weighted by Gasteiger charge is 2.09. The van der Waals surface area contributed by atoms with Gasteiger partial charge in [0.1, 0.15) is 0 Å². The Labute approximate surface area is 135 Å². The number of para-hydroxylation sites is 1. The van der Waals surface area contributed by atoms with Gasteiger partial charge in [0.15, 0.2) is 0 Å². The van der Waals surface area contributed by atoms with Crippen molar-refractivity contribution in [1.82, 2.24) is 9.88 Å². The first-order valence-electron chi connectivity index (χ1n) is 6.88. The number of hydrogen-bond donors (Lipinski definition) is 2. The Hall–Kier alpha value is -2.11. The minimum Gasteiger partial charge on any atom is -0.322 e. The molecule has 0 bridgehead atoms. The van der Waals surface area contributed by atoms with Crippen molar-refractivity contribution in [2.24, 2.45) is 7.05 Å². The predicted octanol–water partition coefficient (Wildman–Crippen LogP) is 2.17. The number of aryl methyl sites for hydroxylation is 1.